The third kappa shape index (κ3) is 3.48. The van der Waals surface area contributed by atoms with Gasteiger partial charge in [-0.1, -0.05) is 6.07 Å². The first kappa shape index (κ1) is 18.4. The van der Waals surface area contributed by atoms with E-state index in [-0.39, 0.29) is 11.5 Å². The van der Waals surface area contributed by atoms with Crippen molar-refractivity contribution < 1.29 is 19.5 Å². The molecule has 3 N–H and O–H groups in total. The van der Waals surface area contributed by atoms with Gasteiger partial charge in [-0.25, -0.2) is 4.79 Å². The van der Waals surface area contributed by atoms with Crippen LogP contribution in [0.2, 0.25) is 0 Å². The number of carbonyl (C=O) groups is 3. The second-order valence-corrected chi connectivity index (χ2v) is 6.71. The van der Waals surface area contributed by atoms with Crippen molar-refractivity contribution in [2.24, 2.45) is 5.73 Å². The molecule has 1 unspecified atom stereocenters. The van der Waals surface area contributed by atoms with Crippen molar-refractivity contribution >= 4 is 23.5 Å². The van der Waals surface area contributed by atoms with Crippen molar-refractivity contribution in [1.29, 1.82) is 0 Å². The van der Waals surface area contributed by atoms with Gasteiger partial charge in [-0.3, -0.25) is 9.59 Å². The summed E-state index contributed by atoms with van der Waals surface area (Å²) in [5.41, 5.74) is 8.36. The van der Waals surface area contributed by atoms with Gasteiger partial charge in [0.15, 0.2) is 0 Å². The number of amides is 2. The number of carboxylic acids is 1. The molecule has 2 aromatic rings. The second kappa shape index (κ2) is 7.11. The third-order valence-corrected chi connectivity index (χ3v) is 4.78. The SMILES string of the molecule is CN(C)c1ccc(C(=O)N2CCc3ccc(C(=O)O)cc3C2C(N)=O)cc1. The Kier molecular flexibility index (Phi) is 4.85. The molecule has 0 fully saturated rings. The highest BCUT2D eigenvalue weighted by molar-refractivity contribution is 5.98. The predicted octanol–water partition coefficient (Wildman–Crippen LogP) is 1.68. The zero-order valence-electron chi connectivity index (χ0n) is 15.2. The van der Waals surface area contributed by atoms with Gasteiger partial charge in [-0.15, -0.1) is 0 Å². The standard InChI is InChI=1S/C20H21N3O4/c1-22(2)15-7-5-13(6-8-15)19(25)23-10-9-12-3-4-14(20(26)27)11-16(12)17(23)18(21)24/h3-8,11,17H,9-10H2,1-2H3,(H2,21,24)(H,26,27). The van der Waals surface area contributed by atoms with E-state index < -0.39 is 17.9 Å². The minimum Gasteiger partial charge on any atom is -0.478 e. The maximum Gasteiger partial charge on any atom is 0.335 e. The number of nitrogens with two attached hydrogens (primary N) is 1. The highest BCUT2D eigenvalue weighted by Crippen LogP contribution is 2.32. The summed E-state index contributed by atoms with van der Waals surface area (Å²) >= 11 is 0. The summed E-state index contributed by atoms with van der Waals surface area (Å²) in [7, 11) is 3.81. The number of anilines is 1. The number of aromatic carboxylic acids is 1. The summed E-state index contributed by atoms with van der Waals surface area (Å²) in [4.78, 5) is 39.8. The fourth-order valence-electron chi connectivity index (χ4n) is 3.34. The molecule has 0 radical (unpaired) electrons. The van der Waals surface area contributed by atoms with Gasteiger partial charge in [0, 0.05) is 31.9 Å². The molecular weight excluding hydrogens is 346 g/mol. The zero-order valence-corrected chi connectivity index (χ0v) is 15.2. The Labute approximate surface area is 157 Å². The molecule has 2 amide bonds. The molecule has 1 heterocycles. The van der Waals surface area contributed by atoms with Crippen molar-refractivity contribution in [3.8, 4) is 0 Å². The van der Waals surface area contributed by atoms with Gasteiger partial charge in [0.05, 0.1) is 5.56 Å². The van der Waals surface area contributed by atoms with E-state index in [1.54, 1.807) is 18.2 Å². The summed E-state index contributed by atoms with van der Waals surface area (Å²) in [5.74, 6) is -2.09. The predicted molar refractivity (Wildman–Crippen MR) is 101 cm³/mol. The lowest BCUT2D eigenvalue weighted by Gasteiger charge is -2.35. The number of fused-ring (bicyclic) bond motifs is 1. The summed E-state index contributed by atoms with van der Waals surface area (Å²) in [6, 6.07) is 10.7. The van der Waals surface area contributed by atoms with Crippen LogP contribution >= 0.6 is 0 Å². The third-order valence-electron chi connectivity index (χ3n) is 4.78. The highest BCUT2D eigenvalue weighted by Gasteiger charge is 2.35. The van der Waals surface area contributed by atoms with Crippen LogP contribution in [0, 0.1) is 0 Å². The zero-order chi connectivity index (χ0) is 19.7. The van der Waals surface area contributed by atoms with Crippen molar-refractivity contribution in [2.45, 2.75) is 12.5 Å². The monoisotopic (exact) mass is 367 g/mol. The Morgan fingerprint density at radius 1 is 1.07 bits per heavy atom. The van der Waals surface area contributed by atoms with E-state index in [9.17, 15) is 19.5 Å². The molecule has 0 spiro atoms. The molecule has 140 valence electrons. The fourth-order valence-corrected chi connectivity index (χ4v) is 3.34. The molecule has 3 rings (SSSR count). The number of primary amides is 1. The first-order chi connectivity index (χ1) is 12.8. The van der Waals surface area contributed by atoms with Crippen LogP contribution in [0.5, 0.6) is 0 Å². The normalized spacial score (nSPS) is 15.8. The first-order valence-corrected chi connectivity index (χ1v) is 8.53. The molecular formula is C20H21N3O4. The molecule has 0 saturated carbocycles. The van der Waals surface area contributed by atoms with E-state index in [2.05, 4.69) is 0 Å². The van der Waals surface area contributed by atoms with Crippen molar-refractivity contribution in [3.05, 3.63) is 64.7 Å². The maximum absolute atomic E-state index is 13.0. The minimum atomic E-state index is -1.09. The Morgan fingerprint density at radius 3 is 2.26 bits per heavy atom. The molecule has 7 nitrogen and oxygen atoms in total. The second-order valence-electron chi connectivity index (χ2n) is 6.71. The van der Waals surface area contributed by atoms with Crippen LogP contribution in [0.3, 0.4) is 0 Å². The van der Waals surface area contributed by atoms with Crippen LogP contribution in [0.25, 0.3) is 0 Å². The fraction of sp³-hybridized carbons (Fsp3) is 0.250. The van der Waals surface area contributed by atoms with Gasteiger partial charge in [0.25, 0.3) is 5.91 Å². The van der Waals surface area contributed by atoms with Crippen LogP contribution < -0.4 is 10.6 Å². The van der Waals surface area contributed by atoms with Crippen molar-refractivity contribution in [2.75, 3.05) is 25.5 Å². The lowest BCUT2D eigenvalue weighted by Crippen LogP contribution is -2.45. The Balaban J connectivity index is 1.98. The molecule has 0 saturated heterocycles. The molecule has 27 heavy (non-hydrogen) atoms. The average Bonchev–Trinajstić information content (AvgIpc) is 2.65. The molecule has 1 aliphatic heterocycles. The quantitative estimate of drug-likeness (QED) is 0.856. The maximum atomic E-state index is 13.0. The Hall–Kier alpha value is -3.35. The van der Waals surface area contributed by atoms with Crippen LogP contribution in [0.1, 0.15) is 37.9 Å². The number of carboxylic acid groups (broad SMARTS) is 1. The Morgan fingerprint density at radius 2 is 1.70 bits per heavy atom. The molecule has 1 atom stereocenters. The van der Waals surface area contributed by atoms with E-state index in [1.165, 1.54) is 17.0 Å². The highest BCUT2D eigenvalue weighted by atomic mass is 16.4. The largest absolute Gasteiger partial charge is 0.478 e. The van der Waals surface area contributed by atoms with Gasteiger partial charge >= 0.3 is 5.97 Å². The van der Waals surface area contributed by atoms with Gasteiger partial charge < -0.3 is 20.6 Å². The summed E-state index contributed by atoms with van der Waals surface area (Å²) in [5, 5.41) is 9.23. The molecule has 7 heteroatoms. The van der Waals surface area contributed by atoms with E-state index in [1.807, 2.05) is 31.1 Å². The summed E-state index contributed by atoms with van der Waals surface area (Å²) < 4.78 is 0. The number of hydrogen-bond donors (Lipinski definition) is 2. The topological polar surface area (TPSA) is 104 Å². The number of hydrogen-bond acceptors (Lipinski definition) is 4. The van der Waals surface area contributed by atoms with Crippen molar-refractivity contribution in [1.82, 2.24) is 4.90 Å². The van der Waals surface area contributed by atoms with E-state index in [4.69, 9.17) is 5.73 Å². The molecule has 1 aliphatic rings. The van der Waals surface area contributed by atoms with E-state index >= 15 is 0 Å². The summed E-state index contributed by atoms with van der Waals surface area (Å²) in [6.45, 7) is 0.335. The van der Waals surface area contributed by atoms with Gasteiger partial charge in [-0.2, -0.15) is 0 Å². The van der Waals surface area contributed by atoms with Crippen molar-refractivity contribution in [3.63, 3.8) is 0 Å². The summed E-state index contributed by atoms with van der Waals surface area (Å²) in [6.07, 6.45) is 0.528. The van der Waals surface area contributed by atoms with E-state index in [0.717, 1.165) is 11.3 Å². The van der Waals surface area contributed by atoms with Crippen LogP contribution in [0.15, 0.2) is 42.5 Å². The van der Waals surface area contributed by atoms with Crippen LogP contribution in [0.4, 0.5) is 5.69 Å². The molecule has 2 aromatic carbocycles. The van der Waals surface area contributed by atoms with E-state index in [0.29, 0.717) is 24.1 Å². The molecule has 0 aliphatic carbocycles. The van der Waals surface area contributed by atoms with Crippen LogP contribution in [-0.2, 0) is 11.2 Å². The Bertz CT molecular complexity index is 906. The number of nitrogens with zero attached hydrogens (tertiary/aromatic N) is 2. The number of benzene rings is 2. The average molecular weight is 367 g/mol. The smallest absolute Gasteiger partial charge is 0.335 e. The molecule has 0 bridgehead atoms. The lowest BCUT2D eigenvalue weighted by molar-refractivity contribution is -0.123. The minimum absolute atomic E-state index is 0.0598. The number of carbonyl (C=O) groups excluding carboxylic acids is 2. The van der Waals surface area contributed by atoms with Gasteiger partial charge in [0.1, 0.15) is 6.04 Å². The number of rotatable bonds is 4. The van der Waals surface area contributed by atoms with Crippen LogP contribution in [-0.4, -0.2) is 48.4 Å². The van der Waals surface area contributed by atoms with Gasteiger partial charge in [0.2, 0.25) is 5.91 Å². The first-order valence-electron chi connectivity index (χ1n) is 8.53. The molecule has 0 aromatic heterocycles. The lowest BCUT2D eigenvalue weighted by atomic mass is 9.90. The van der Waals surface area contributed by atoms with Gasteiger partial charge in [-0.05, 0) is 53.9 Å².